The molecule has 0 aromatic rings. The van der Waals surface area contributed by atoms with E-state index in [0.717, 1.165) is 25.7 Å². The van der Waals surface area contributed by atoms with E-state index < -0.39 is 8.67 Å². The van der Waals surface area contributed by atoms with Crippen molar-refractivity contribution in [2.24, 2.45) is 23.7 Å². The van der Waals surface area contributed by atoms with Crippen molar-refractivity contribution in [2.75, 3.05) is 0 Å². The third-order valence-corrected chi connectivity index (χ3v) is 6.55. The third kappa shape index (κ3) is 1.27. The van der Waals surface area contributed by atoms with Gasteiger partial charge in [-0.3, -0.25) is 0 Å². The topological polar surface area (TPSA) is 0 Å². The summed E-state index contributed by atoms with van der Waals surface area (Å²) in [6.07, 6.45) is 4.39. The number of hydrogen-bond acceptors (Lipinski definition) is 0. The van der Waals surface area contributed by atoms with Gasteiger partial charge in [0.15, 0.2) is 0 Å². The fraction of sp³-hybridized carbons (Fsp3) is 1.00. The number of hydrogen-bond donors (Lipinski definition) is 0. The summed E-state index contributed by atoms with van der Waals surface area (Å²) in [5.74, 6) is 1.99. The molecule has 0 radical (unpaired) electrons. The van der Waals surface area contributed by atoms with Crippen molar-refractivity contribution in [2.45, 2.75) is 34.3 Å². The van der Waals surface area contributed by atoms with Crippen molar-refractivity contribution >= 4 is 46.4 Å². The van der Waals surface area contributed by atoms with E-state index in [1.165, 1.54) is 0 Å². The smallest absolute Gasteiger partial charge is 0.101 e. The van der Waals surface area contributed by atoms with Crippen LogP contribution in [-0.2, 0) is 0 Å². The summed E-state index contributed by atoms with van der Waals surface area (Å²) in [4.78, 5) is 0. The molecule has 3 aliphatic rings. The SMILES string of the molecule is ClC1(Cl)C2CCC3C(CCC21)C3(Cl)Cl. The molecule has 0 amide bonds. The van der Waals surface area contributed by atoms with Crippen LogP contribution in [0.2, 0.25) is 0 Å². The molecular weight excluding hydrogens is 262 g/mol. The highest BCUT2D eigenvalue weighted by molar-refractivity contribution is 6.52. The minimum absolute atomic E-state index is 0.432. The lowest BCUT2D eigenvalue weighted by Crippen LogP contribution is -1.95. The van der Waals surface area contributed by atoms with E-state index in [-0.39, 0.29) is 0 Å². The predicted octanol–water partition coefficient (Wildman–Crippen LogP) is 4.40. The maximum absolute atomic E-state index is 6.19. The first-order valence-corrected chi connectivity index (χ1v) is 6.72. The van der Waals surface area contributed by atoms with E-state index in [0.29, 0.717) is 23.7 Å². The highest BCUT2D eigenvalue weighted by atomic mass is 35.5. The molecule has 0 saturated heterocycles. The van der Waals surface area contributed by atoms with Gasteiger partial charge in [0.2, 0.25) is 0 Å². The van der Waals surface area contributed by atoms with Gasteiger partial charge in [-0.1, -0.05) is 0 Å². The molecule has 3 fully saturated rings. The standard InChI is InChI=1S/C10H12Cl4/c11-9(12)5-1-2-6-8(10(6,13)14)4-3-7(5)9/h5-8H,1-4H2. The number of alkyl halides is 4. The normalized spacial score (nSPS) is 52.3. The Bertz CT molecular complexity index is 221. The quantitative estimate of drug-likeness (QED) is 0.574. The van der Waals surface area contributed by atoms with Crippen molar-refractivity contribution in [3.05, 3.63) is 0 Å². The molecule has 4 unspecified atom stereocenters. The van der Waals surface area contributed by atoms with Gasteiger partial charge >= 0.3 is 0 Å². The van der Waals surface area contributed by atoms with Gasteiger partial charge in [-0.15, -0.1) is 46.4 Å². The lowest BCUT2D eigenvalue weighted by atomic mass is 10.0. The fourth-order valence-corrected chi connectivity index (χ4v) is 5.05. The van der Waals surface area contributed by atoms with Gasteiger partial charge in [-0.05, 0) is 49.4 Å². The molecule has 0 aromatic heterocycles. The summed E-state index contributed by atoms with van der Waals surface area (Å²) >= 11 is 24.8. The maximum atomic E-state index is 6.19. The zero-order valence-electron chi connectivity index (χ0n) is 7.65. The van der Waals surface area contributed by atoms with Crippen LogP contribution >= 0.6 is 46.4 Å². The molecule has 0 heterocycles. The van der Waals surface area contributed by atoms with E-state index in [9.17, 15) is 0 Å². The van der Waals surface area contributed by atoms with Gasteiger partial charge in [0.05, 0.1) is 0 Å². The second kappa shape index (κ2) is 2.88. The van der Waals surface area contributed by atoms with Crippen molar-refractivity contribution in [1.29, 1.82) is 0 Å². The van der Waals surface area contributed by atoms with Crippen molar-refractivity contribution < 1.29 is 0 Å². The molecule has 0 aromatic carbocycles. The Hall–Kier alpha value is 1.16. The van der Waals surface area contributed by atoms with Gasteiger partial charge in [-0.25, -0.2) is 0 Å². The number of halogens is 4. The zero-order chi connectivity index (χ0) is 10.1. The Labute approximate surface area is 104 Å². The monoisotopic (exact) mass is 272 g/mol. The summed E-state index contributed by atoms with van der Waals surface area (Å²) in [6.45, 7) is 0. The van der Waals surface area contributed by atoms with Crippen molar-refractivity contribution in [1.82, 2.24) is 0 Å². The molecule has 3 aliphatic carbocycles. The Morgan fingerprint density at radius 2 is 0.786 bits per heavy atom. The van der Waals surface area contributed by atoms with Crippen LogP contribution in [0.4, 0.5) is 0 Å². The van der Waals surface area contributed by atoms with Crippen LogP contribution in [0.5, 0.6) is 0 Å². The van der Waals surface area contributed by atoms with Crippen LogP contribution in [0.15, 0.2) is 0 Å². The summed E-state index contributed by atoms with van der Waals surface area (Å²) in [5.41, 5.74) is 0. The highest BCUT2D eigenvalue weighted by Gasteiger charge is 2.68. The molecule has 0 N–H and O–H groups in total. The van der Waals surface area contributed by atoms with Gasteiger partial charge < -0.3 is 0 Å². The first kappa shape index (κ1) is 10.3. The molecule has 0 spiro atoms. The first-order chi connectivity index (χ1) is 6.45. The molecule has 0 nitrogen and oxygen atoms in total. The molecule has 3 saturated carbocycles. The van der Waals surface area contributed by atoms with Gasteiger partial charge in [-0.2, -0.15) is 0 Å². The molecular formula is C10H12Cl4. The van der Waals surface area contributed by atoms with Gasteiger partial charge in [0.25, 0.3) is 0 Å². The summed E-state index contributed by atoms with van der Waals surface area (Å²) in [7, 11) is 0. The van der Waals surface area contributed by atoms with Gasteiger partial charge in [0.1, 0.15) is 8.67 Å². The Kier molecular flexibility index (Phi) is 2.13. The minimum Gasteiger partial charge on any atom is -0.101 e. The molecule has 0 bridgehead atoms. The lowest BCUT2D eigenvalue weighted by molar-refractivity contribution is 0.468. The largest absolute Gasteiger partial charge is 0.124 e. The minimum atomic E-state index is -0.432. The van der Waals surface area contributed by atoms with Crippen LogP contribution in [0.1, 0.15) is 25.7 Å². The molecule has 80 valence electrons. The molecule has 0 aliphatic heterocycles. The fourth-order valence-electron chi connectivity index (χ4n) is 3.21. The average molecular weight is 274 g/mol. The predicted molar refractivity (Wildman–Crippen MR) is 61.3 cm³/mol. The second-order valence-corrected chi connectivity index (χ2v) is 7.82. The van der Waals surface area contributed by atoms with Crippen molar-refractivity contribution in [3.8, 4) is 0 Å². The second-order valence-electron chi connectivity index (χ2n) is 4.93. The van der Waals surface area contributed by atoms with E-state index in [1.807, 2.05) is 0 Å². The third-order valence-electron chi connectivity index (χ3n) is 4.31. The Morgan fingerprint density at radius 3 is 1.00 bits per heavy atom. The van der Waals surface area contributed by atoms with E-state index >= 15 is 0 Å². The Morgan fingerprint density at radius 1 is 0.571 bits per heavy atom. The van der Waals surface area contributed by atoms with E-state index in [2.05, 4.69) is 0 Å². The molecule has 14 heavy (non-hydrogen) atoms. The zero-order valence-corrected chi connectivity index (χ0v) is 10.7. The molecule has 3 rings (SSSR count). The summed E-state index contributed by atoms with van der Waals surface area (Å²) in [5, 5.41) is 0. The molecule has 4 heteroatoms. The first-order valence-electron chi connectivity index (χ1n) is 5.21. The van der Waals surface area contributed by atoms with E-state index in [4.69, 9.17) is 46.4 Å². The molecule has 4 atom stereocenters. The average Bonchev–Trinajstić information content (AvgIpc) is 2.67. The number of fused-ring (bicyclic) bond motifs is 2. The van der Waals surface area contributed by atoms with Gasteiger partial charge in [0, 0.05) is 0 Å². The summed E-state index contributed by atoms with van der Waals surface area (Å²) in [6, 6.07) is 0. The maximum Gasteiger partial charge on any atom is 0.124 e. The number of rotatable bonds is 0. The summed E-state index contributed by atoms with van der Waals surface area (Å²) < 4.78 is -0.865. The van der Waals surface area contributed by atoms with Crippen LogP contribution in [0.25, 0.3) is 0 Å². The van der Waals surface area contributed by atoms with Crippen molar-refractivity contribution in [3.63, 3.8) is 0 Å². The van der Waals surface area contributed by atoms with Crippen LogP contribution in [0.3, 0.4) is 0 Å². The van der Waals surface area contributed by atoms with Crippen LogP contribution in [-0.4, -0.2) is 8.67 Å². The highest BCUT2D eigenvalue weighted by Crippen LogP contribution is 2.70. The Balaban J connectivity index is 1.71. The lowest BCUT2D eigenvalue weighted by Gasteiger charge is -2.02. The van der Waals surface area contributed by atoms with Crippen LogP contribution < -0.4 is 0 Å². The van der Waals surface area contributed by atoms with Crippen LogP contribution in [0, 0.1) is 23.7 Å². The van der Waals surface area contributed by atoms with E-state index in [1.54, 1.807) is 0 Å².